The van der Waals surface area contributed by atoms with Gasteiger partial charge in [-0.15, -0.1) is 0 Å². The van der Waals surface area contributed by atoms with Crippen LogP contribution in [-0.4, -0.2) is 22.1 Å². The van der Waals surface area contributed by atoms with Gasteiger partial charge in [-0.1, -0.05) is 12.1 Å². The van der Waals surface area contributed by atoms with Crippen molar-refractivity contribution in [2.24, 2.45) is 0 Å². The van der Waals surface area contributed by atoms with Crippen molar-refractivity contribution >= 4 is 11.7 Å². The van der Waals surface area contributed by atoms with E-state index in [4.69, 9.17) is 4.74 Å². The van der Waals surface area contributed by atoms with E-state index in [1.807, 2.05) is 28.8 Å². The molecule has 1 N–H and O–H groups in total. The number of rotatable bonds is 2. The van der Waals surface area contributed by atoms with Gasteiger partial charge < -0.3 is 10.1 Å². The van der Waals surface area contributed by atoms with Gasteiger partial charge in [0, 0.05) is 0 Å². The Labute approximate surface area is 104 Å². The molecule has 3 rings (SSSR count). The van der Waals surface area contributed by atoms with Crippen molar-refractivity contribution in [2.45, 2.75) is 13.5 Å². The lowest BCUT2D eigenvalue weighted by Gasteiger charge is -2.20. The summed E-state index contributed by atoms with van der Waals surface area (Å²) in [7, 11) is 0. The summed E-state index contributed by atoms with van der Waals surface area (Å²) in [5.41, 5.74) is 3.27. The molecule has 92 valence electrons. The predicted octanol–water partition coefficient (Wildman–Crippen LogP) is 1.97. The number of nitrogens with zero attached hydrogens (tertiary/aromatic N) is 2. The number of ether oxygens (including phenoxy) is 1. The molecule has 0 bridgehead atoms. The van der Waals surface area contributed by atoms with Crippen LogP contribution in [0.4, 0.5) is 5.69 Å². The molecule has 0 amide bonds. The highest BCUT2D eigenvalue weighted by molar-refractivity contribution is 5.89. The van der Waals surface area contributed by atoms with Gasteiger partial charge in [0.1, 0.15) is 6.33 Å². The van der Waals surface area contributed by atoms with Crippen molar-refractivity contribution in [2.75, 3.05) is 11.9 Å². The lowest BCUT2D eigenvalue weighted by Crippen LogP contribution is -2.17. The Morgan fingerprint density at radius 1 is 1.50 bits per heavy atom. The second-order valence-electron chi connectivity index (χ2n) is 4.00. The zero-order chi connectivity index (χ0) is 12.5. The summed E-state index contributed by atoms with van der Waals surface area (Å²) in [6.45, 7) is 2.72. The highest BCUT2D eigenvalue weighted by Gasteiger charge is 2.23. The Kier molecular flexibility index (Phi) is 2.51. The van der Waals surface area contributed by atoms with E-state index in [1.54, 1.807) is 13.3 Å². The molecular formula is C13H13N3O2. The molecule has 2 heterocycles. The predicted molar refractivity (Wildman–Crippen MR) is 66.8 cm³/mol. The average Bonchev–Trinajstić information content (AvgIpc) is 2.83. The minimum Gasteiger partial charge on any atom is -0.461 e. The van der Waals surface area contributed by atoms with Crippen LogP contribution in [0.2, 0.25) is 0 Å². The summed E-state index contributed by atoms with van der Waals surface area (Å²) in [4.78, 5) is 15.9. The van der Waals surface area contributed by atoms with Gasteiger partial charge in [0.15, 0.2) is 5.69 Å². The van der Waals surface area contributed by atoms with Gasteiger partial charge in [-0.2, -0.15) is 0 Å². The number of hydrogen-bond acceptors (Lipinski definition) is 4. The number of benzene rings is 1. The van der Waals surface area contributed by atoms with Crippen molar-refractivity contribution in [3.8, 4) is 5.69 Å². The zero-order valence-corrected chi connectivity index (χ0v) is 10.0. The number of esters is 1. The van der Waals surface area contributed by atoms with Crippen LogP contribution in [0.25, 0.3) is 5.69 Å². The molecule has 0 unspecified atom stereocenters. The molecule has 0 spiro atoms. The maximum atomic E-state index is 11.8. The van der Waals surface area contributed by atoms with E-state index >= 15 is 0 Å². The number of para-hydroxylation sites is 2. The van der Waals surface area contributed by atoms with Crippen molar-refractivity contribution in [3.63, 3.8) is 0 Å². The average molecular weight is 243 g/mol. The first-order chi connectivity index (χ1) is 8.81. The molecule has 1 aliphatic heterocycles. The molecule has 0 radical (unpaired) electrons. The second kappa shape index (κ2) is 4.18. The summed E-state index contributed by atoms with van der Waals surface area (Å²) in [5, 5.41) is 3.27. The lowest BCUT2D eigenvalue weighted by molar-refractivity contribution is 0.0518. The number of aromatic nitrogens is 2. The van der Waals surface area contributed by atoms with Gasteiger partial charge in [0.05, 0.1) is 30.2 Å². The summed E-state index contributed by atoms with van der Waals surface area (Å²) in [6.07, 6.45) is 1.67. The number of imidazole rings is 1. The first-order valence-corrected chi connectivity index (χ1v) is 5.88. The van der Waals surface area contributed by atoms with E-state index in [9.17, 15) is 4.79 Å². The molecule has 0 aliphatic carbocycles. The fourth-order valence-corrected chi connectivity index (χ4v) is 2.13. The molecule has 1 aromatic heterocycles. The molecule has 18 heavy (non-hydrogen) atoms. The standard InChI is InChI=1S/C13H13N3O2/c1-2-18-13(17)12-11-7-14-9-5-3-4-6-10(9)16(11)8-15-12/h3-6,8,14H,2,7H2,1H3. The van der Waals surface area contributed by atoms with Crippen LogP contribution in [0.15, 0.2) is 30.6 Å². The van der Waals surface area contributed by atoms with Crippen molar-refractivity contribution in [1.29, 1.82) is 0 Å². The molecule has 0 fully saturated rings. The Morgan fingerprint density at radius 3 is 3.17 bits per heavy atom. The van der Waals surface area contributed by atoms with Gasteiger partial charge >= 0.3 is 5.97 Å². The third kappa shape index (κ3) is 1.55. The topological polar surface area (TPSA) is 56.1 Å². The molecule has 0 saturated heterocycles. The van der Waals surface area contributed by atoms with E-state index in [0.717, 1.165) is 17.1 Å². The van der Waals surface area contributed by atoms with Crippen LogP contribution in [0, 0.1) is 0 Å². The second-order valence-corrected chi connectivity index (χ2v) is 4.00. The quantitative estimate of drug-likeness (QED) is 0.819. The Bertz CT molecular complexity index is 604. The molecule has 5 heteroatoms. The maximum absolute atomic E-state index is 11.8. The summed E-state index contributed by atoms with van der Waals surface area (Å²) >= 11 is 0. The smallest absolute Gasteiger partial charge is 0.358 e. The normalized spacial score (nSPS) is 12.3. The minimum atomic E-state index is -0.368. The van der Waals surface area contributed by atoms with Crippen molar-refractivity contribution in [1.82, 2.24) is 9.55 Å². The Morgan fingerprint density at radius 2 is 2.33 bits per heavy atom. The largest absolute Gasteiger partial charge is 0.461 e. The van der Waals surface area contributed by atoms with Crippen LogP contribution in [0.5, 0.6) is 0 Å². The van der Waals surface area contributed by atoms with Crippen LogP contribution in [-0.2, 0) is 11.3 Å². The highest BCUT2D eigenvalue weighted by atomic mass is 16.5. The van der Waals surface area contributed by atoms with Gasteiger partial charge in [-0.25, -0.2) is 9.78 Å². The number of carbonyl (C=O) groups excluding carboxylic acids is 1. The summed E-state index contributed by atoms with van der Waals surface area (Å²) in [6, 6.07) is 7.92. The number of nitrogens with one attached hydrogen (secondary N) is 1. The first kappa shape index (κ1) is 10.8. The Hall–Kier alpha value is -2.30. The van der Waals surface area contributed by atoms with E-state index in [0.29, 0.717) is 18.8 Å². The number of hydrogen-bond donors (Lipinski definition) is 1. The third-order valence-corrected chi connectivity index (χ3v) is 2.95. The number of anilines is 1. The molecule has 2 aromatic rings. The first-order valence-electron chi connectivity index (χ1n) is 5.88. The zero-order valence-electron chi connectivity index (χ0n) is 10.0. The van der Waals surface area contributed by atoms with Gasteiger partial charge in [-0.3, -0.25) is 4.57 Å². The lowest BCUT2D eigenvalue weighted by atomic mass is 10.2. The molecule has 1 aliphatic rings. The van der Waals surface area contributed by atoms with Crippen LogP contribution < -0.4 is 5.32 Å². The fraction of sp³-hybridized carbons (Fsp3) is 0.231. The van der Waals surface area contributed by atoms with Gasteiger partial charge in [0.2, 0.25) is 0 Å². The molecule has 0 atom stereocenters. The van der Waals surface area contributed by atoms with Crippen LogP contribution >= 0.6 is 0 Å². The summed E-state index contributed by atoms with van der Waals surface area (Å²) in [5.74, 6) is -0.368. The van der Waals surface area contributed by atoms with E-state index in [-0.39, 0.29) is 5.97 Å². The molecular weight excluding hydrogens is 230 g/mol. The van der Waals surface area contributed by atoms with E-state index < -0.39 is 0 Å². The van der Waals surface area contributed by atoms with Crippen molar-refractivity contribution < 1.29 is 9.53 Å². The van der Waals surface area contributed by atoms with Crippen molar-refractivity contribution in [3.05, 3.63) is 42.0 Å². The summed E-state index contributed by atoms with van der Waals surface area (Å²) < 4.78 is 6.93. The molecule has 0 saturated carbocycles. The number of carbonyl (C=O) groups is 1. The monoisotopic (exact) mass is 243 g/mol. The van der Waals surface area contributed by atoms with Gasteiger partial charge in [-0.05, 0) is 19.1 Å². The third-order valence-electron chi connectivity index (χ3n) is 2.95. The van der Waals surface area contributed by atoms with E-state index in [2.05, 4.69) is 10.3 Å². The molecule has 5 nitrogen and oxygen atoms in total. The SMILES string of the molecule is CCOC(=O)c1ncn2c1CNc1ccccc1-2. The maximum Gasteiger partial charge on any atom is 0.358 e. The van der Waals surface area contributed by atoms with E-state index in [1.165, 1.54) is 0 Å². The fourth-order valence-electron chi connectivity index (χ4n) is 2.13. The molecule has 1 aromatic carbocycles. The highest BCUT2D eigenvalue weighted by Crippen LogP contribution is 2.28. The van der Waals surface area contributed by atoms with Crippen LogP contribution in [0.3, 0.4) is 0 Å². The Balaban J connectivity index is 2.07. The van der Waals surface area contributed by atoms with Gasteiger partial charge in [0.25, 0.3) is 0 Å². The minimum absolute atomic E-state index is 0.356. The number of fused-ring (bicyclic) bond motifs is 3. The van der Waals surface area contributed by atoms with Crippen LogP contribution in [0.1, 0.15) is 23.1 Å².